The molecule has 1 aliphatic rings. The van der Waals surface area contributed by atoms with Crippen molar-refractivity contribution in [2.45, 2.75) is 32.3 Å². The first-order chi connectivity index (χ1) is 8.13. The number of unbranched alkanes of at least 4 members (excludes halogenated alkanes) is 1. The summed E-state index contributed by atoms with van der Waals surface area (Å²) in [5.41, 5.74) is 0. The molecule has 5 heteroatoms. The quantitative estimate of drug-likeness (QED) is 0.612. The molecule has 0 spiro atoms. The lowest BCUT2D eigenvalue weighted by Crippen LogP contribution is -2.34. The van der Waals surface area contributed by atoms with Crippen LogP contribution in [0, 0.1) is 5.92 Å². The molecule has 2 atom stereocenters. The number of rotatable bonds is 8. The highest BCUT2D eigenvalue weighted by atomic mass is 16.5. The molecular weight excluding hydrogens is 222 g/mol. The number of aliphatic hydroxyl groups is 1. The van der Waals surface area contributed by atoms with Crippen LogP contribution in [0.5, 0.6) is 0 Å². The van der Waals surface area contributed by atoms with Crippen LogP contribution >= 0.6 is 0 Å². The fourth-order valence-electron chi connectivity index (χ4n) is 2.02. The zero-order chi connectivity index (χ0) is 12.7. The molecule has 1 rings (SSSR count). The molecule has 1 saturated heterocycles. The Kier molecular flexibility index (Phi) is 6.47. The fraction of sp³-hybridized carbons (Fsp3) is 0.917. The predicted molar refractivity (Wildman–Crippen MR) is 63.9 cm³/mol. The average Bonchev–Trinajstić information content (AvgIpc) is 2.73. The lowest BCUT2D eigenvalue weighted by molar-refractivity contribution is -0.141. The van der Waals surface area contributed by atoms with E-state index >= 15 is 0 Å². The topological polar surface area (TPSA) is 70.0 Å². The smallest absolute Gasteiger partial charge is 0.307 e. The Labute approximate surface area is 102 Å². The molecule has 1 heterocycles. The Bertz CT molecular complexity index is 235. The van der Waals surface area contributed by atoms with E-state index in [2.05, 4.69) is 6.92 Å². The second-order valence-electron chi connectivity index (χ2n) is 4.67. The van der Waals surface area contributed by atoms with Crippen LogP contribution in [0.4, 0.5) is 0 Å². The van der Waals surface area contributed by atoms with Gasteiger partial charge in [-0.3, -0.25) is 9.69 Å². The molecule has 2 N–H and O–H groups in total. The molecule has 0 amide bonds. The third-order valence-corrected chi connectivity index (χ3v) is 3.04. The summed E-state index contributed by atoms with van der Waals surface area (Å²) in [7, 11) is 0. The van der Waals surface area contributed by atoms with Crippen molar-refractivity contribution in [1.82, 2.24) is 4.90 Å². The molecule has 0 bridgehead atoms. The lowest BCUT2D eigenvalue weighted by Gasteiger charge is -2.19. The molecule has 1 fully saturated rings. The molecule has 0 aromatic heterocycles. The van der Waals surface area contributed by atoms with Gasteiger partial charge in [0, 0.05) is 19.7 Å². The third kappa shape index (κ3) is 5.48. The van der Waals surface area contributed by atoms with Crippen LogP contribution in [-0.2, 0) is 9.53 Å². The molecule has 0 aromatic carbocycles. The van der Waals surface area contributed by atoms with Gasteiger partial charge in [0.15, 0.2) is 0 Å². The van der Waals surface area contributed by atoms with E-state index in [1.807, 2.05) is 4.90 Å². The first-order valence-corrected chi connectivity index (χ1v) is 6.34. The standard InChI is InChI=1S/C12H23NO4/c1-2-3-6-17-9-11(14)8-13-5-4-10(7-13)12(15)16/h10-11,14H,2-9H2,1H3,(H,15,16). The number of hydrogen-bond acceptors (Lipinski definition) is 4. The summed E-state index contributed by atoms with van der Waals surface area (Å²) in [6, 6.07) is 0. The maximum Gasteiger partial charge on any atom is 0.307 e. The van der Waals surface area contributed by atoms with Gasteiger partial charge in [-0.25, -0.2) is 0 Å². The summed E-state index contributed by atoms with van der Waals surface area (Å²) in [6.07, 6.45) is 2.26. The van der Waals surface area contributed by atoms with Crippen LogP contribution in [0.25, 0.3) is 0 Å². The summed E-state index contributed by atoms with van der Waals surface area (Å²) in [6.45, 7) is 4.93. The van der Waals surface area contributed by atoms with Crippen molar-refractivity contribution < 1.29 is 19.7 Å². The minimum absolute atomic E-state index is 0.275. The minimum Gasteiger partial charge on any atom is -0.481 e. The number of carboxylic acids is 1. The van der Waals surface area contributed by atoms with E-state index in [9.17, 15) is 9.90 Å². The van der Waals surface area contributed by atoms with Crippen molar-refractivity contribution in [2.24, 2.45) is 5.92 Å². The van der Waals surface area contributed by atoms with Crippen molar-refractivity contribution in [1.29, 1.82) is 0 Å². The van der Waals surface area contributed by atoms with Gasteiger partial charge in [-0.1, -0.05) is 13.3 Å². The van der Waals surface area contributed by atoms with Gasteiger partial charge < -0.3 is 14.9 Å². The monoisotopic (exact) mass is 245 g/mol. The van der Waals surface area contributed by atoms with E-state index in [1.54, 1.807) is 0 Å². The minimum atomic E-state index is -0.735. The average molecular weight is 245 g/mol. The van der Waals surface area contributed by atoms with E-state index in [-0.39, 0.29) is 5.92 Å². The third-order valence-electron chi connectivity index (χ3n) is 3.04. The number of aliphatic carboxylic acids is 1. The first kappa shape index (κ1) is 14.4. The van der Waals surface area contributed by atoms with E-state index in [4.69, 9.17) is 9.84 Å². The van der Waals surface area contributed by atoms with E-state index in [0.29, 0.717) is 32.7 Å². The first-order valence-electron chi connectivity index (χ1n) is 6.34. The zero-order valence-corrected chi connectivity index (χ0v) is 10.5. The van der Waals surface area contributed by atoms with E-state index in [0.717, 1.165) is 19.4 Å². The van der Waals surface area contributed by atoms with Gasteiger partial charge in [0.2, 0.25) is 0 Å². The molecule has 17 heavy (non-hydrogen) atoms. The number of aliphatic hydroxyl groups excluding tert-OH is 1. The summed E-state index contributed by atoms with van der Waals surface area (Å²) in [4.78, 5) is 12.8. The molecule has 0 aromatic rings. The SMILES string of the molecule is CCCCOCC(O)CN1CCC(C(=O)O)C1. The summed E-state index contributed by atoms with van der Waals surface area (Å²) in [5, 5.41) is 18.6. The van der Waals surface area contributed by atoms with Gasteiger partial charge in [-0.05, 0) is 19.4 Å². The molecule has 1 aliphatic heterocycles. The van der Waals surface area contributed by atoms with Crippen molar-refractivity contribution in [3.63, 3.8) is 0 Å². The van der Waals surface area contributed by atoms with Gasteiger partial charge in [0.25, 0.3) is 0 Å². The van der Waals surface area contributed by atoms with Crippen molar-refractivity contribution in [3.8, 4) is 0 Å². The van der Waals surface area contributed by atoms with Gasteiger partial charge in [-0.15, -0.1) is 0 Å². The highest BCUT2D eigenvalue weighted by Gasteiger charge is 2.28. The van der Waals surface area contributed by atoms with Crippen molar-refractivity contribution >= 4 is 5.97 Å². The van der Waals surface area contributed by atoms with Crippen LogP contribution in [0.15, 0.2) is 0 Å². The number of carbonyl (C=O) groups is 1. The summed E-state index contributed by atoms with van der Waals surface area (Å²) in [5.74, 6) is -1.01. The normalized spacial score (nSPS) is 22.8. The van der Waals surface area contributed by atoms with Crippen LogP contribution in [-0.4, -0.2) is 60.0 Å². The second kappa shape index (κ2) is 7.63. The van der Waals surface area contributed by atoms with Crippen LogP contribution in [0.2, 0.25) is 0 Å². The number of nitrogens with zero attached hydrogens (tertiary/aromatic N) is 1. The Hall–Kier alpha value is -0.650. The lowest BCUT2D eigenvalue weighted by atomic mass is 10.1. The van der Waals surface area contributed by atoms with Crippen LogP contribution in [0.1, 0.15) is 26.2 Å². The zero-order valence-electron chi connectivity index (χ0n) is 10.5. The van der Waals surface area contributed by atoms with Crippen LogP contribution < -0.4 is 0 Å². The number of likely N-dealkylation sites (tertiary alicyclic amines) is 1. The van der Waals surface area contributed by atoms with Crippen LogP contribution in [0.3, 0.4) is 0 Å². The highest BCUT2D eigenvalue weighted by Crippen LogP contribution is 2.16. The molecule has 2 unspecified atom stereocenters. The number of ether oxygens (including phenoxy) is 1. The van der Waals surface area contributed by atoms with Gasteiger partial charge >= 0.3 is 5.97 Å². The Morgan fingerprint density at radius 1 is 1.59 bits per heavy atom. The van der Waals surface area contributed by atoms with Gasteiger partial charge in [0.1, 0.15) is 0 Å². The number of β-amino-alcohol motifs (C(OH)–C–C–N with tert-alkyl or cyclic N) is 1. The van der Waals surface area contributed by atoms with Gasteiger partial charge in [-0.2, -0.15) is 0 Å². The molecule has 0 saturated carbocycles. The number of hydrogen-bond donors (Lipinski definition) is 2. The van der Waals surface area contributed by atoms with E-state index in [1.165, 1.54) is 0 Å². The van der Waals surface area contributed by atoms with Crippen molar-refractivity contribution in [2.75, 3.05) is 32.8 Å². The maximum absolute atomic E-state index is 10.8. The van der Waals surface area contributed by atoms with E-state index < -0.39 is 12.1 Å². The van der Waals surface area contributed by atoms with Gasteiger partial charge in [0.05, 0.1) is 18.6 Å². The summed E-state index contributed by atoms with van der Waals surface area (Å²) >= 11 is 0. The predicted octanol–water partition coefficient (Wildman–Crippen LogP) is 0.570. The molecule has 0 radical (unpaired) electrons. The second-order valence-corrected chi connectivity index (χ2v) is 4.67. The number of carboxylic acid groups (broad SMARTS) is 1. The summed E-state index contributed by atoms with van der Waals surface area (Å²) < 4.78 is 5.33. The highest BCUT2D eigenvalue weighted by molar-refractivity contribution is 5.70. The van der Waals surface area contributed by atoms with Crippen molar-refractivity contribution in [3.05, 3.63) is 0 Å². The molecular formula is C12H23NO4. The Morgan fingerprint density at radius 2 is 2.35 bits per heavy atom. The Morgan fingerprint density at radius 3 is 2.94 bits per heavy atom. The fourth-order valence-corrected chi connectivity index (χ4v) is 2.02. The molecule has 5 nitrogen and oxygen atoms in total. The molecule has 0 aliphatic carbocycles. The maximum atomic E-state index is 10.8. The largest absolute Gasteiger partial charge is 0.481 e. The molecule has 100 valence electrons. The Balaban J connectivity index is 2.10.